The van der Waals surface area contributed by atoms with E-state index in [1.54, 1.807) is 30.3 Å². The number of nitrogens with zero attached hydrogens (tertiary/aromatic N) is 2. The van der Waals surface area contributed by atoms with E-state index in [4.69, 9.17) is 0 Å². The molecule has 1 heterocycles. The van der Waals surface area contributed by atoms with Gasteiger partial charge in [-0.3, -0.25) is 9.59 Å². The van der Waals surface area contributed by atoms with Gasteiger partial charge in [-0.05, 0) is 37.3 Å². The van der Waals surface area contributed by atoms with Crippen molar-refractivity contribution < 1.29 is 9.59 Å². The second-order valence-electron chi connectivity index (χ2n) is 6.97. The lowest BCUT2D eigenvalue weighted by Crippen LogP contribution is -2.25. The van der Waals surface area contributed by atoms with Crippen molar-refractivity contribution in [3.63, 3.8) is 0 Å². The van der Waals surface area contributed by atoms with Crippen LogP contribution in [0.25, 0.3) is 12.2 Å². The van der Waals surface area contributed by atoms with Gasteiger partial charge in [0, 0.05) is 11.1 Å². The Morgan fingerprint density at radius 1 is 1.00 bits per heavy atom. The van der Waals surface area contributed by atoms with Crippen LogP contribution in [0.15, 0.2) is 36.4 Å². The molecule has 4 nitrogen and oxygen atoms in total. The van der Waals surface area contributed by atoms with Crippen LogP contribution in [0, 0.1) is 5.92 Å². The molecule has 1 saturated carbocycles. The summed E-state index contributed by atoms with van der Waals surface area (Å²) in [6.45, 7) is 6.03. The van der Waals surface area contributed by atoms with Gasteiger partial charge in [0.25, 0.3) is 0 Å². The Morgan fingerprint density at radius 3 is 2.19 bits per heavy atom. The van der Waals surface area contributed by atoms with Crippen molar-refractivity contribution in [2.24, 2.45) is 5.92 Å². The fourth-order valence-electron chi connectivity index (χ4n) is 3.77. The zero-order valence-electron chi connectivity index (χ0n) is 14.8. The first-order valence-corrected chi connectivity index (χ1v) is 9.03. The quantitative estimate of drug-likeness (QED) is 0.687. The van der Waals surface area contributed by atoms with Crippen molar-refractivity contribution >= 4 is 23.7 Å². The topological polar surface area (TPSA) is 59.9 Å². The second-order valence-corrected chi connectivity index (χ2v) is 6.97. The van der Waals surface area contributed by atoms with E-state index in [2.05, 4.69) is 23.5 Å². The molecule has 1 atom stereocenters. The molecule has 0 saturated heterocycles. The minimum atomic E-state index is -0.254. The molecule has 1 aromatic heterocycles. The van der Waals surface area contributed by atoms with Crippen LogP contribution in [-0.4, -0.2) is 21.5 Å². The molecule has 0 radical (unpaired) electrons. The molecule has 0 amide bonds. The predicted molar refractivity (Wildman–Crippen MR) is 101 cm³/mol. The zero-order valence-corrected chi connectivity index (χ0v) is 14.8. The van der Waals surface area contributed by atoms with Gasteiger partial charge in [0.1, 0.15) is 11.4 Å². The van der Waals surface area contributed by atoms with Gasteiger partial charge in [0.05, 0.1) is 11.4 Å². The van der Waals surface area contributed by atoms with E-state index in [-0.39, 0.29) is 23.0 Å². The smallest absolute Gasteiger partial charge is 0.214 e. The lowest BCUT2D eigenvalue weighted by Gasteiger charge is -2.22. The number of allylic oxidation sites excluding steroid dienone is 1. The molecule has 26 heavy (non-hydrogen) atoms. The minimum absolute atomic E-state index is 0.127. The monoisotopic (exact) mass is 344 g/mol. The lowest BCUT2D eigenvalue weighted by atomic mass is 9.85. The van der Waals surface area contributed by atoms with Gasteiger partial charge in [-0.25, -0.2) is 9.97 Å². The van der Waals surface area contributed by atoms with Crippen LogP contribution in [0.5, 0.6) is 0 Å². The average molecular weight is 344 g/mol. The molecule has 0 bridgehead atoms. The molecular formula is C22H20N2O2. The van der Waals surface area contributed by atoms with E-state index < -0.39 is 0 Å². The SMILES string of the molecule is C=Cc1nc2c(nc1/C=C1/CCCCC1C)C(=O)c1ccccc1C2=O. The van der Waals surface area contributed by atoms with E-state index in [1.165, 1.54) is 24.8 Å². The molecule has 1 aromatic carbocycles. The Hall–Kier alpha value is -2.88. The molecule has 0 N–H and O–H groups in total. The van der Waals surface area contributed by atoms with Crippen LogP contribution in [0.1, 0.15) is 76.1 Å². The Bertz CT molecular complexity index is 972. The van der Waals surface area contributed by atoms with Crippen LogP contribution >= 0.6 is 0 Å². The van der Waals surface area contributed by atoms with E-state index in [0.29, 0.717) is 28.4 Å². The lowest BCUT2D eigenvalue weighted by molar-refractivity contribution is 0.0971. The summed E-state index contributed by atoms with van der Waals surface area (Å²) in [5.74, 6) is 0.00278. The van der Waals surface area contributed by atoms with E-state index >= 15 is 0 Å². The van der Waals surface area contributed by atoms with Crippen LogP contribution in [0.2, 0.25) is 0 Å². The van der Waals surface area contributed by atoms with Crippen molar-refractivity contribution in [3.05, 3.63) is 70.3 Å². The zero-order chi connectivity index (χ0) is 18.3. The highest BCUT2D eigenvalue weighted by Gasteiger charge is 2.33. The van der Waals surface area contributed by atoms with Gasteiger partial charge >= 0.3 is 0 Å². The number of ketones is 2. The molecule has 0 spiro atoms. The van der Waals surface area contributed by atoms with E-state index in [9.17, 15) is 9.59 Å². The highest BCUT2D eigenvalue weighted by Crippen LogP contribution is 2.32. The molecule has 130 valence electrons. The first kappa shape index (κ1) is 16.6. The number of carbonyl (C=O) groups is 2. The standard InChI is InChI=1S/C22H20N2O2/c1-3-17-18(12-14-9-5-4-8-13(14)2)24-20-19(23-17)21(25)15-10-6-7-11-16(15)22(20)26/h3,6-7,10-13H,1,4-5,8-9H2,2H3/b14-12-. The Labute approximate surface area is 152 Å². The highest BCUT2D eigenvalue weighted by atomic mass is 16.1. The van der Waals surface area contributed by atoms with Crippen molar-refractivity contribution in [3.8, 4) is 0 Å². The molecule has 1 unspecified atom stereocenters. The molecule has 1 fully saturated rings. The summed E-state index contributed by atoms with van der Waals surface area (Å²) in [5, 5.41) is 0. The van der Waals surface area contributed by atoms with Crippen molar-refractivity contribution in [2.75, 3.05) is 0 Å². The maximum Gasteiger partial charge on any atom is 0.214 e. The third-order valence-electron chi connectivity index (χ3n) is 5.30. The highest BCUT2D eigenvalue weighted by molar-refractivity contribution is 6.27. The number of fused-ring (bicyclic) bond motifs is 2. The van der Waals surface area contributed by atoms with Gasteiger partial charge in [-0.1, -0.05) is 49.8 Å². The van der Waals surface area contributed by atoms with Gasteiger partial charge in [-0.15, -0.1) is 0 Å². The number of benzene rings is 1. The largest absolute Gasteiger partial charge is 0.287 e. The van der Waals surface area contributed by atoms with Gasteiger partial charge in [0.2, 0.25) is 11.6 Å². The Morgan fingerprint density at radius 2 is 1.62 bits per heavy atom. The summed E-state index contributed by atoms with van der Waals surface area (Å²) in [4.78, 5) is 34.7. The normalized spacial score (nSPS) is 20.7. The molecular weight excluding hydrogens is 324 g/mol. The predicted octanol–water partition coefficient (Wildman–Crippen LogP) is 4.49. The molecule has 4 rings (SSSR count). The first-order chi connectivity index (χ1) is 12.6. The van der Waals surface area contributed by atoms with Gasteiger partial charge in [0.15, 0.2) is 0 Å². The Balaban J connectivity index is 1.87. The van der Waals surface area contributed by atoms with Crippen LogP contribution < -0.4 is 0 Å². The molecule has 2 aromatic rings. The number of hydrogen-bond donors (Lipinski definition) is 0. The maximum absolute atomic E-state index is 12.9. The average Bonchev–Trinajstić information content (AvgIpc) is 2.67. The first-order valence-electron chi connectivity index (χ1n) is 9.03. The summed E-state index contributed by atoms with van der Waals surface area (Å²) in [6.07, 6.45) is 8.25. The fourth-order valence-corrected chi connectivity index (χ4v) is 3.77. The van der Waals surface area contributed by atoms with Gasteiger partial charge in [-0.2, -0.15) is 0 Å². The molecule has 0 aliphatic heterocycles. The molecule has 2 aliphatic carbocycles. The summed E-state index contributed by atoms with van der Waals surface area (Å²) in [6, 6.07) is 6.84. The summed E-state index contributed by atoms with van der Waals surface area (Å²) in [7, 11) is 0. The van der Waals surface area contributed by atoms with E-state index in [0.717, 1.165) is 6.42 Å². The summed E-state index contributed by atoms with van der Waals surface area (Å²) < 4.78 is 0. The number of aromatic nitrogens is 2. The summed E-state index contributed by atoms with van der Waals surface area (Å²) >= 11 is 0. The number of hydrogen-bond acceptors (Lipinski definition) is 4. The van der Waals surface area contributed by atoms with Crippen molar-refractivity contribution in [1.82, 2.24) is 9.97 Å². The maximum atomic E-state index is 12.9. The number of rotatable bonds is 2. The van der Waals surface area contributed by atoms with Gasteiger partial charge < -0.3 is 0 Å². The van der Waals surface area contributed by atoms with Crippen LogP contribution in [-0.2, 0) is 0 Å². The van der Waals surface area contributed by atoms with Crippen LogP contribution in [0.3, 0.4) is 0 Å². The minimum Gasteiger partial charge on any atom is -0.287 e. The van der Waals surface area contributed by atoms with E-state index in [1.807, 2.05) is 6.08 Å². The molecule has 2 aliphatic rings. The van der Waals surface area contributed by atoms with Crippen molar-refractivity contribution in [1.29, 1.82) is 0 Å². The third-order valence-corrected chi connectivity index (χ3v) is 5.30. The molecule has 4 heteroatoms. The fraction of sp³-hybridized carbons (Fsp3) is 0.273. The number of carbonyl (C=O) groups excluding carboxylic acids is 2. The second kappa shape index (κ2) is 6.45. The van der Waals surface area contributed by atoms with Crippen LogP contribution in [0.4, 0.5) is 0 Å². The third kappa shape index (κ3) is 2.62. The van der Waals surface area contributed by atoms with Crippen molar-refractivity contribution in [2.45, 2.75) is 32.6 Å². The summed E-state index contributed by atoms with van der Waals surface area (Å²) in [5.41, 5.74) is 3.56. The Kier molecular flexibility index (Phi) is 4.11.